The normalized spacial score (nSPS) is 10.6. The molecule has 1 heterocycles. The minimum atomic E-state index is -1.45. The van der Waals surface area contributed by atoms with Crippen LogP contribution in [-0.4, -0.2) is 11.6 Å². The van der Waals surface area contributed by atoms with Crippen molar-refractivity contribution < 1.29 is 13.2 Å². The lowest BCUT2D eigenvalue weighted by molar-refractivity contribution is 0.447. The van der Waals surface area contributed by atoms with E-state index in [2.05, 4.69) is 5.32 Å². The number of hydrogen-bond donors (Lipinski definition) is 1. The molecule has 0 amide bonds. The van der Waals surface area contributed by atoms with E-state index < -0.39 is 17.5 Å². The molecule has 0 atom stereocenters. The van der Waals surface area contributed by atoms with Crippen LogP contribution in [0, 0.1) is 17.5 Å². The predicted octanol–water partition coefficient (Wildman–Crippen LogP) is 3.15. The monoisotopic (exact) mass is 240 g/mol. The van der Waals surface area contributed by atoms with Crippen LogP contribution >= 0.6 is 0 Å². The number of nitrogens with one attached hydrogen (secondary N) is 1. The molecule has 0 spiro atoms. The smallest absolute Gasteiger partial charge is 0.194 e. The standard InChI is InChI=1S/C12H11F3N2/c1-16-11-4-3-10(17(11)2)7-5-8(13)12(15)9(14)6-7/h3-6,16H,1-2H3. The van der Waals surface area contributed by atoms with Gasteiger partial charge in [-0.2, -0.15) is 0 Å². The highest BCUT2D eigenvalue weighted by molar-refractivity contribution is 5.64. The molecule has 2 rings (SSSR count). The fourth-order valence-corrected chi connectivity index (χ4v) is 1.76. The van der Waals surface area contributed by atoms with Gasteiger partial charge in [0.2, 0.25) is 0 Å². The van der Waals surface area contributed by atoms with Crippen molar-refractivity contribution in [2.45, 2.75) is 0 Å². The maximum absolute atomic E-state index is 13.1. The van der Waals surface area contributed by atoms with E-state index in [-0.39, 0.29) is 0 Å². The molecule has 0 saturated carbocycles. The first-order chi connectivity index (χ1) is 8.04. The molecule has 5 heteroatoms. The number of benzene rings is 1. The van der Waals surface area contributed by atoms with E-state index in [0.717, 1.165) is 18.0 Å². The van der Waals surface area contributed by atoms with E-state index in [1.54, 1.807) is 30.8 Å². The highest BCUT2D eigenvalue weighted by Crippen LogP contribution is 2.26. The van der Waals surface area contributed by atoms with Gasteiger partial charge in [-0.05, 0) is 24.3 Å². The molecule has 0 aliphatic rings. The highest BCUT2D eigenvalue weighted by Gasteiger charge is 2.13. The third kappa shape index (κ3) is 1.88. The third-order valence-electron chi connectivity index (χ3n) is 2.66. The van der Waals surface area contributed by atoms with Crippen molar-refractivity contribution in [3.63, 3.8) is 0 Å². The molecule has 1 aromatic heterocycles. The largest absolute Gasteiger partial charge is 0.375 e. The van der Waals surface area contributed by atoms with Crippen LogP contribution in [0.3, 0.4) is 0 Å². The van der Waals surface area contributed by atoms with E-state index in [1.807, 2.05) is 0 Å². The molecule has 2 nitrogen and oxygen atoms in total. The van der Waals surface area contributed by atoms with Crippen LogP contribution in [0.25, 0.3) is 11.3 Å². The highest BCUT2D eigenvalue weighted by atomic mass is 19.2. The lowest BCUT2D eigenvalue weighted by atomic mass is 10.1. The van der Waals surface area contributed by atoms with Crippen LogP contribution < -0.4 is 5.32 Å². The molecule has 0 unspecified atom stereocenters. The molecule has 0 aliphatic carbocycles. The SMILES string of the molecule is CNc1ccc(-c2cc(F)c(F)c(F)c2)n1C. The average molecular weight is 240 g/mol. The summed E-state index contributed by atoms with van der Waals surface area (Å²) in [5.74, 6) is -3.03. The number of rotatable bonds is 2. The third-order valence-corrected chi connectivity index (χ3v) is 2.66. The van der Waals surface area contributed by atoms with Gasteiger partial charge in [0, 0.05) is 25.4 Å². The summed E-state index contributed by atoms with van der Waals surface area (Å²) in [5, 5.41) is 2.93. The summed E-state index contributed by atoms with van der Waals surface area (Å²) in [6, 6.07) is 5.44. The first kappa shape index (κ1) is 11.6. The first-order valence-corrected chi connectivity index (χ1v) is 5.03. The molecule has 2 aromatic rings. The Morgan fingerprint density at radius 2 is 1.65 bits per heavy atom. The zero-order chi connectivity index (χ0) is 12.6. The van der Waals surface area contributed by atoms with Crippen molar-refractivity contribution in [3.8, 4) is 11.3 Å². The van der Waals surface area contributed by atoms with Gasteiger partial charge in [0.15, 0.2) is 17.5 Å². The van der Waals surface area contributed by atoms with Gasteiger partial charge in [-0.1, -0.05) is 0 Å². The van der Waals surface area contributed by atoms with Gasteiger partial charge in [-0.25, -0.2) is 13.2 Å². The summed E-state index contributed by atoms with van der Waals surface area (Å²) in [7, 11) is 3.49. The Balaban J connectivity index is 2.57. The molecule has 0 bridgehead atoms. The molecular formula is C12H11F3N2. The second kappa shape index (κ2) is 4.16. The van der Waals surface area contributed by atoms with Gasteiger partial charge in [0.1, 0.15) is 5.82 Å². The van der Waals surface area contributed by atoms with Crippen molar-refractivity contribution >= 4 is 5.82 Å². The quantitative estimate of drug-likeness (QED) is 0.798. The van der Waals surface area contributed by atoms with Crippen molar-refractivity contribution in [3.05, 3.63) is 41.7 Å². The average Bonchev–Trinajstić information content (AvgIpc) is 2.66. The second-order valence-corrected chi connectivity index (χ2v) is 3.67. The summed E-state index contributed by atoms with van der Waals surface area (Å²) in [5.41, 5.74) is 0.901. The fraction of sp³-hybridized carbons (Fsp3) is 0.167. The minimum absolute atomic E-state index is 0.297. The van der Waals surface area contributed by atoms with Crippen LogP contribution in [0.1, 0.15) is 0 Å². The maximum Gasteiger partial charge on any atom is 0.194 e. The lowest BCUT2D eigenvalue weighted by Gasteiger charge is -2.08. The Bertz CT molecular complexity index is 538. The Morgan fingerprint density at radius 1 is 1.06 bits per heavy atom. The van der Waals surface area contributed by atoms with E-state index in [4.69, 9.17) is 0 Å². The van der Waals surface area contributed by atoms with E-state index in [9.17, 15) is 13.2 Å². The van der Waals surface area contributed by atoms with Crippen molar-refractivity contribution in [2.75, 3.05) is 12.4 Å². The van der Waals surface area contributed by atoms with Gasteiger partial charge in [0.05, 0.1) is 0 Å². The van der Waals surface area contributed by atoms with Crippen molar-refractivity contribution in [1.82, 2.24) is 4.57 Å². The fourth-order valence-electron chi connectivity index (χ4n) is 1.76. The van der Waals surface area contributed by atoms with Crippen LogP contribution in [0.2, 0.25) is 0 Å². The molecule has 0 saturated heterocycles. The van der Waals surface area contributed by atoms with Gasteiger partial charge < -0.3 is 9.88 Å². The number of nitrogens with zero attached hydrogens (tertiary/aromatic N) is 1. The van der Waals surface area contributed by atoms with Crippen LogP contribution in [0.5, 0.6) is 0 Å². The van der Waals surface area contributed by atoms with E-state index in [1.165, 1.54) is 0 Å². The molecular weight excluding hydrogens is 229 g/mol. The van der Waals surface area contributed by atoms with Gasteiger partial charge in [0.25, 0.3) is 0 Å². The first-order valence-electron chi connectivity index (χ1n) is 5.03. The summed E-state index contributed by atoms with van der Waals surface area (Å²) in [4.78, 5) is 0. The zero-order valence-electron chi connectivity index (χ0n) is 9.39. The van der Waals surface area contributed by atoms with Crippen LogP contribution in [-0.2, 0) is 7.05 Å². The molecule has 90 valence electrons. The molecule has 1 N–H and O–H groups in total. The summed E-state index contributed by atoms with van der Waals surface area (Å²) in [6.45, 7) is 0. The second-order valence-electron chi connectivity index (χ2n) is 3.67. The molecule has 17 heavy (non-hydrogen) atoms. The van der Waals surface area contributed by atoms with Crippen LogP contribution in [0.4, 0.5) is 19.0 Å². The Labute approximate surface area is 96.7 Å². The Kier molecular flexibility index (Phi) is 2.83. The van der Waals surface area contributed by atoms with Crippen LogP contribution in [0.15, 0.2) is 24.3 Å². The summed E-state index contributed by atoms with van der Waals surface area (Å²) >= 11 is 0. The van der Waals surface area contributed by atoms with E-state index >= 15 is 0 Å². The Morgan fingerprint density at radius 3 is 2.12 bits per heavy atom. The number of aromatic nitrogens is 1. The topological polar surface area (TPSA) is 17.0 Å². The number of anilines is 1. The Hall–Kier alpha value is -1.91. The number of halogens is 3. The molecule has 0 radical (unpaired) electrons. The molecule has 0 fully saturated rings. The summed E-state index contributed by atoms with van der Waals surface area (Å²) < 4.78 is 40.8. The zero-order valence-corrected chi connectivity index (χ0v) is 9.39. The van der Waals surface area contributed by atoms with Gasteiger partial charge in [-0.15, -0.1) is 0 Å². The maximum atomic E-state index is 13.1. The number of hydrogen-bond acceptors (Lipinski definition) is 1. The van der Waals surface area contributed by atoms with E-state index in [0.29, 0.717) is 11.3 Å². The lowest BCUT2D eigenvalue weighted by Crippen LogP contribution is -1.99. The van der Waals surface area contributed by atoms with Crippen molar-refractivity contribution in [1.29, 1.82) is 0 Å². The molecule has 0 aliphatic heterocycles. The predicted molar refractivity (Wildman–Crippen MR) is 60.3 cm³/mol. The summed E-state index contributed by atoms with van der Waals surface area (Å²) in [6.07, 6.45) is 0. The van der Waals surface area contributed by atoms with Crippen molar-refractivity contribution in [2.24, 2.45) is 7.05 Å². The minimum Gasteiger partial charge on any atom is -0.375 e. The molecule has 1 aromatic carbocycles. The van der Waals surface area contributed by atoms with Gasteiger partial charge >= 0.3 is 0 Å². The van der Waals surface area contributed by atoms with Gasteiger partial charge in [-0.3, -0.25) is 0 Å².